The van der Waals surface area contributed by atoms with E-state index in [2.05, 4.69) is 5.32 Å². The summed E-state index contributed by atoms with van der Waals surface area (Å²) in [5.74, 6) is 0.299. The second-order valence-corrected chi connectivity index (χ2v) is 8.26. The zero-order chi connectivity index (χ0) is 17.8. The van der Waals surface area contributed by atoms with Crippen LogP contribution in [0.4, 0.5) is 5.69 Å². The van der Waals surface area contributed by atoms with E-state index in [1.54, 1.807) is 31.2 Å². The van der Waals surface area contributed by atoms with Gasteiger partial charge < -0.3 is 10.1 Å². The number of carbonyl (C=O) groups is 1. The highest BCUT2D eigenvalue weighted by atomic mass is 32.2. The van der Waals surface area contributed by atoms with Crippen LogP contribution in [0.15, 0.2) is 24.3 Å². The minimum Gasteiger partial charge on any atom is -0.494 e. The molecule has 1 rings (SSSR count). The van der Waals surface area contributed by atoms with Crippen LogP contribution in [0.25, 0.3) is 0 Å². The molecule has 23 heavy (non-hydrogen) atoms. The SMILES string of the molecule is CCOc1ccc(N(C(C)C(=O)NC(C)(C)C)S(C)(=O)=O)cc1. The highest BCUT2D eigenvalue weighted by Gasteiger charge is 2.30. The molecule has 0 aliphatic carbocycles. The van der Waals surface area contributed by atoms with Gasteiger partial charge >= 0.3 is 0 Å². The second-order valence-electron chi connectivity index (χ2n) is 6.40. The van der Waals surface area contributed by atoms with E-state index < -0.39 is 21.6 Å². The average molecular weight is 342 g/mol. The minimum atomic E-state index is -3.61. The number of amides is 1. The van der Waals surface area contributed by atoms with E-state index >= 15 is 0 Å². The van der Waals surface area contributed by atoms with Crippen LogP contribution in [0.1, 0.15) is 34.6 Å². The largest absolute Gasteiger partial charge is 0.494 e. The van der Waals surface area contributed by atoms with Gasteiger partial charge in [0.2, 0.25) is 15.9 Å². The van der Waals surface area contributed by atoms with E-state index in [4.69, 9.17) is 4.74 Å². The number of benzene rings is 1. The third kappa shape index (κ3) is 5.74. The van der Waals surface area contributed by atoms with Crippen molar-refractivity contribution in [2.75, 3.05) is 17.2 Å². The van der Waals surface area contributed by atoms with Gasteiger partial charge in [-0.1, -0.05) is 0 Å². The average Bonchev–Trinajstić information content (AvgIpc) is 2.37. The van der Waals surface area contributed by atoms with E-state index in [1.807, 2.05) is 27.7 Å². The van der Waals surface area contributed by atoms with Crippen LogP contribution in [0.3, 0.4) is 0 Å². The molecule has 0 bridgehead atoms. The molecule has 6 nitrogen and oxygen atoms in total. The number of ether oxygens (including phenoxy) is 1. The van der Waals surface area contributed by atoms with E-state index in [9.17, 15) is 13.2 Å². The van der Waals surface area contributed by atoms with Crippen molar-refractivity contribution < 1.29 is 17.9 Å². The van der Waals surface area contributed by atoms with Crippen LogP contribution in [0.2, 0.25) is 0 Å². The van der Waals surface area contributed by atoms with Gasteiger partial charge in [0.1, 0.15) is 11.8 Å². The van der Waals surface area contributed by atoms with Crippen LogP contribution in [0.5, 0.6) is 5.75 Å². The fourth-order valence-electron chi connectivity index (χ4n) is 2.14. The molecule has 0 saturated carbocycles. The summed E-state index contributed by atoms with van der Waals surface area (Å²) in [5.41, 5.74) is -0.0135. The Morgan fingerprint density at radius 1 is 1.26 bits per heavy atom. The van der Waals surface area contributed by atoms with Crippen LogP contribution in [-0.2, 0) is 14.8 Å². The summed E-state index contributed by atoms with van der Waals surface area (Å²) >= 11 is 0. The fraction of sp³-hybridized carbons (Fsp3) is 0.562. The number of rotatable bonds is 6. The third-order valence-electron chi connectivity index (χ3n) is 2.99. The topological polar surface area (TPSA) is 75.7 Å². The van der Waals surface area contributed by atoms with Gasteiger partial charge in [-0.2, -0.15) is 0 Å². The molecule has 0 aliphatic rings. The molecule has 0 aromatic heterocycles. The summed E-state index contributed by atoms with van der Waals surface area (Å²) in [5, 5.41) is 2.80. The van der Waals surface area contributed by atoms with Gasteiger partial charge in [0.25, 0.3) is 0 Å². The molecule has 1 unspecified atom stereocenters. The lowest BCUT2D eigenvalue weighted by Gasteiger charge is -2.31. The predicted octanol–water partition coefficient (Wildman–Crippen LogP) is 2.15. The summed E-state index contributed by atoms with van der Waals surface area (Å²) in [6, 6.07) is 5.78. The molecule has 1 atom stereocenters. The first kappa shape index (κ1) is 19.3. The van der Waals surface area contributed by atoms with Crippen molar-refractivity contribution in [2.45, 2.75) is 46.2 Å². The standard InChI is InChI=1S/C16H26N2O4S/c1-7-22-14-10-8-13(9-11-14)18(23(6,20)21)12(2)15(19)17-16(3,4)5/h8-12H,7H2,1-6H3,(H,17,19). The predicted molar refractivity (Wildman–Crippen MR) is 92.3 cm³/mol. The Balaban J connectivity index is 3.13. The van der Waals surface area contributed by atoms with Crippen molar-refractivity contribution >= 4 is 21.6 Å². The Kier molecular flexibility index (Phi) is 6.04. The molecule has 0 radical (unpaired) electrons. The van der Waals surface area contributed by atoms with Gasteiger partial charge in [0.15, 0.2) is 0 Å². The van der Waals surface area contributed by atoms with E-state index in [-0.39, 0.29) is 5.91 Å². The molecule has 0 fully saturated rings. The first-order valence-electron chi connectivity index (χ1n) is 7.50. The number of nitrogens with one attached hydrogen (secondary N) is 1. The van der Waals surface area contributed by atoms with Gasteiger partial charge in [-0.25, -0.2) is 8.42 Å². The number of nitrogens with zero attached hydrogens (tertiary/aromatic N) is 1. The number of sulfonamides is 1. The van der Waals surface area contributed by atoms with Gasteiger partial charge in [-0.3, -0.25) is 9.10 Å². The molecular formula is C16H26N2O4S. The van der Waals surface area contributed by atoms with Crippen molar-refractivity contribution in [3.8, 4) is 5.75 Å². The molecular weight excluding hydrogens is 316 g/mol. The van der Waals surface area contributed by atoms with Gasteiger partial charge in [0, 0.05) is 5.54 Å². The summed E-state index contributed by atoms with van der Waals surface area (Å²) < 4.78 is 30.8. The molecule has 130 valence electrons. The maximum Gasteiger partial charge on any atom is 0.244 e. The Morgan fingerprint density at radius 2 is 1.78 bits per heavy atom. The lowest BCUT2D eigenvalue weighted by atomic mass is 10.1. The number of carbonyl (C=O) groups excluding carboxylic acids is 1. The Hall–Kier alpha value is -1.76. The number of anilines is 1. The molecule has 0 aliphatic heterocycles. The van der Waals surface area contributed by atoms with Crippen LogP contribution in [-0.4, -0.2) is 38.8 Å². The zero-order valence-corrected chi connectivity index (χ0v) is 15.4. The smallest absolute Gasteiger partial charge is 0.244 e. The van der Waals surface area contributed by atoms with Crippen molar-refractivity contribution in [3.05, 3.63) is 24.3 Å². The molecule has 1 aromatic carbocycles. The van der Waals surface area contributed by atoms with E-state index in [0.717, 1.165) is 10.6 Å². The summed E-state index contributed by atoms with van der Waals surface area (Å²) in [7, 11) is -3.61. The first-order valence-corrected chi connectivity index (χ1v) is 9.35. The summed E-state index contributed by atoms with van der Waals surface area (Å²) in [4.78, 5) is 12.3. The lowest BCUT2D eigenvalue weighted by molar-refractivity contribution is -0.123. The monoisotopic (exact) mass is 342 g/mol. The van der Waals surface area contributed by atoms with Gasteiger partial charge in [0.05, 0.1) is 18.6 Å². The molecule has 0 saturated heterocycles. The lowest BCUT2D eigenvalue weighted by Crippen LogP contribution is -2.52. The number of hydrogen-bond donors (Lipinski definition) is 1. The molecule has 1 aromatic rings. The zero-order valence-electron chi connectivity index (χ0n) is 14.6. The molecule has 0 spiro atoms. The molecule has 0 heterocycles. The minimum absolute atomic E-state index is 0.350. The molecule has 1 N–H and O–H groups in total. The van der Waals surface area contributed by atoms with Crippen molar-refractivity contribution in [3.63, 3.8) is 0 Å². The third-order valence-corrected chi connectivity index (χ3v) is 4.23. The van der Waals surface area contributed by atoms with E-state index in [0.29, 0.717) is 18.0 Å². The summed E-state index contributed by atoms with van der Waals surface area (Å²) in [6.07, 6.45) is 1.09. The quantitative estimate of drug-likeness (QED) is 0.859. The Bertz CT molecular complexity index is 633. The second kappa shape index (κ2) is 7.21. The van der Waals surface area contributed by atoms with E-state index in [1.165, 1.54) is 0 Å². The van der Waals surface area contributed by atoms with Crippen molar-refractivity contribution in [2.24, 2.45) is 0 Å². The highest BCUT2D eigenvalue weighted by Crippen LogP contribution is 2.24. The van der Waals surface area contributed by atoms with Crippen LogP contribution < -0.4 is 14.4 Å². The number of hydrogen-bond acceptors (Lipinski definition) is 4. The fourth-order valence-corrected chi connectivity index (χ4v) is 3.31. The first-order chi connectivity index (χ1) is 10.5. The normalized spacial score (nSPS) is 13.3. The maximum atomic E-state index is 12.3. The van der Waals surface area contributed by atoms with Gasteiger partial charge in [-0.15, -0.1) is 0 Å². The Labute approximate surface area is 138 Å². The van der Waals surface area contributed by atoms with Gasteiger partial charge in [-0.05, 0) is 58.9 Å². The maximum absolute atomic E-state index is 12.3. The Morgan fingerprint density at radius 3 is 2.17 bits per heavy atom. The highest BCUT2D eigenvalue weighted by molar-refractivity contribution is 7.92. The molecule has 7 heteroatoms. The van der Waals surface area contributed by atoms with Crippen LogP contribution >= 0.6 is 0 Å². The summed E-state index contributed by atoms with van der Waals surface area (Å²) in [6.45, 7) is 9.51. The van der Waals surface area contributed by atoms with Crippen molar-refractivity contribution in [1.29, 1.82) is 0 Å². The van der Waals surface area contributed by atoms with Crippen LogP contribution in [0, 0.1) is 0 Å². The van der Waals surface area contributed by atoms with Crippen molar-refractivity contribution in [1.82, 2.24) is 5.32 Å². The molecule has 1 amide bonds.